The fraction of sp³-hybridized carbons (Fsp3) is 0.619. The van der Waals surface area contributed by atoms with E-state index in [1.165, 1.54) is 5.56 Å². The molecule has 0 radical (unpaired) electrons. The first-order valence-electron chi connectivity index (χ1n) is 9.85. The van der Waals surface area contributed by atoms with Crippen LogP contribution in [0.15, 0.2) is 30.3 Å². The molecule has 1 aromatic carbocycles. The number of hydrogen-bond acceptors (Lipinski definition) is 3. The van der Waals surface area contributed by atoms with Gasteiger partial charge in [0.2, 0.25) is 5.91 Å². The average Bonchev–Trinajstić information content (AvgIpc) is 2.68. The van der Waals surface area contributed by atoms with E-state index >= 15 is 0 Å². The third-order valence-corrected chi connectivity index (χ3v) is 5.77. The molecule has 2 saturated heterocycles. The summed E-state index contributed by atoms with van der Waals surface area (Å²) >= 11 is 0. The van der Waals surface area contributed by atoms with Crippen LogP contribution in [0.5, 0.6) is 0 Å². The summed E-state index contributed by atoms with van der Waals surface area (Å²) in [6.45, 7) is 5.58. The standard InChI is InChI=1S/C21H30N2O3/c1-2-16-26-20(25)22-14-11-21(12-15-22)10-8-19(24)23(17-21)13-9-18-6-4-3-5-7-18/h3-7H,2,8-17H2,1H3. The summed E-state index contributed by atoms with van der Waals surface area (Å²) in [5, 5.41) is 0. The van der Waals surface area contributed by atoms with E-state index in [1.807, 2.05) is 34.9 Å². The van der Waals surface area contributed by atoms with Crippen molar-refractivity contribution in [3.63, 3.8) is 0 Å². The zero-order valence-electron chi connectivity index (χ0n) is 15.8. The molecule has 0 N–H and O–H groups in total. The molecule has 0 saturated carbocycles. The molecule has 142 valence electrons. The molecule has 1 spiro atoms. The molecule has 2 amide bonds. The molecule has 0 aliphatic carbocycles. The number of nitrogens with zero attached hydrogens (tertiary/aromatic N) is 2. The fourth-order valence-electron chi connectivity index (χ4n) is 4.07. The van der Waals surface area contributed by atoms with E-state index in [0.29, 0.717) is 13.0 Å². The third kappa shape index (κ3) is 4.57. The van der Waals surface area contributed by atoms with E-state index in [9.17, 15) is 9.59 Å². The number of amides is 2. The van der Waals surface area contributed by atoms with Crippen LogP contribution in [-0.4, -0.2) is 54.6 Å². The summed E-state index contributed by atoms with van der Waals surface area (Å²) in [5.41, 5.74) is 1.44. The molecule has 26 heavy (non-hydrogen) atoms. The Hall–Kier alpha value is -2.04. The maximum atomic E-state index is 12.4. The van der Waals surface area contributed by atoms with Crippen LogP contribution in [0.3, 0.4) is 0 Å². The van der Waals surface area contributed by atoms with E-state index < -0.39 is 0 Å². The molecule has 2 aliphatic heterocycles. The van der Waals surface area contributed by atoms with E-state index in [4.69, 9.17) is 4.74 Å². The first-order valence-corrected chi connectivity index (χ1v) is 9.85. The SMILES string of the molecule is CCCOC(=O)N1CCC2(CCC(=O)N(CCc3ccccc3)C2)CC1. The van der Waals surface area contributed by atoms with Crippen molar-refractivity contribution in [2.24, 2.45) is 5.41 Å². The molecule has 0 unspecified atom stereocenters. The summed E-state index contributed by atoms with van der Waals surface area (Å²) in [7, 11) is 0. The summed E-state index contributed by atoms with van der Waals surface area (Å²) in [4.78, 5) is 28.3. The van der Waals surface area contributed by atoms with Gasteiger partial charge in [0.1, 0.15) is 0 Å². The summed E-state index contributed by atoms with van der Waals surface area (Å²) in [6, 6.07) is 10.3. The number of rotatable bonds is 5. The Morgan fingerprint density at radius 1 is 1.15 bits per heavy atom. The molecule has 2 heterocycles. The van der Waals surface area contributed by atoms with Gasteiger partial charge in [-0.3, -0.25) is 4.79 Å². The molecule has 2 aliphatic rings. The molecule has 1 aromatic rings. The second-order valence-corrected chi connectivity index (χ2v) is 7.65. The molecule has 5 heteroatoms. The molecule has 2 fully saturated rings. The van der Waals surface area contributed by atoms with Crippen molar-refractivity contribution in [2.45, 2.75) is 45.4 Å². The Morgan fingerprint density at radius 3 is 2.58 bits per heavy atom. The molecule has 0 bridgehead atoms. The van der Waals surface area contributed by atoms with Crippen LogP contribution in [0.25, 0.3) is 0 Å². The van der Waals surface area contributed by atoms with Crippen LogP contribution in [0.1, 0.15) is 44.6 Å². The van der Waals surface area contributed by atoms with Crippen molar-refractivity contribution in [1.29, 1.82) is 0 Å². The van der Waals surface area contributed by atoms with E-state index in [2.05, 4.69) is 12.1 Å². The van der Waals surface area contributed by atoms with Gasteiger partial charge in [0.05, 0.1) is 6.61 Å². The quantitative estimate of drug-likeness (QED) is 0.810. The topological polar surface area (TPSA) is 49.9 Å². The number of hydrogen-bond donors (Lipinski definition) is 0. The fourth-order valence-corrected chi connectivity index (χ4v) is 4.07. The lowest BCUT2D eigenvalue weighted by atomic mass is 9.72. The van der Waals surface area contributed by atoms with Gasteiger partial charge in [0.25, 0.3) is 0 Å². The molecule has 0 aromatic heterocycles. The van der Waals surface area contributed by atoms with Crippen molar-refractivity contribution in [2.75, 3.05) is 32.8 Å². The highest BCUT2D eigenvalue weighted by atomic mass is 16.6. The first kappa shape index (κ1) is 18.7. The van der Waals surface area contributed by atoms with Gasteiger partial charge in [-0.1, -0.05) is 37.3 Å². The number of carbonyl (C=O) groups is 2. The number of piperidine rings is 2. The maximum Gasteiger partial charge on any atom is 0.409 e. The molecule has 0 atom stereocenters. The number of ether oxygens (including phenoxy) is 1. The second-order valence-electron chi connectivity index (χ2n) is 7.65. The Labute approximate surface area is 156 Å². The molecule has 5 nitrogen and oxygen atoms in total. The molecule has 3 rings (SSSR count). The van der Waals surface area contributed by atoms with Crippen molar-refractivity contribution in [1.82, 2.24) is 9.80 Å². The van der Waals surface area contributed by atoms with Crippen LogP contribution in [0.4, 0.5) is 4.79 Å². The van der Waals surface area contributed by atoms with Gasteiger partial charge in [-0.2, -0.15) is 0 Å². The number of likely N-dealkylation sites (tertiary alicyclic amines) is 2. The monoisotopic (exact) mass is 358 g/mol. The van der Waals surface area contributed by atoms with Crippen LogP contribution >= 0.6 is 0 Å². The van der Waals surface area contributed by atoms with Gasteiger partial charge in [0, 0.05) is 32.6 Å². The van der Waals surface area contributed by atoms with Gasteiger partial charge in [-0.25, -0.2) is 4.79 Å². The minimum Gasteiger partial charge on any atom is -0.449 e. The lowest BCUT2D eigenvalue weighted by molar-refractivity contribution is -0.139. The van der Waals surface area contributed by atoms with E-state index in [-0.39, 0.29) is 17.4 Å². The van der Waals surface area contributed by atoms with Gasteiger partial charge in [0.15, 0.2) is 0 Å². The summed E-state index contributed by atoms with van der Waals surface area (Å²) in [5.74, 6) is 0.274. The van der Waals surface area contributed by atoms with Crippen molar-refractivity contribution < 1.29 is 14.3 Å². The maximum absolute atomic E-state index is 12.4. The number of benzene rings is 1. The zero-order valence-corrected chi connectivity index (χ0v) is 15.8. The van der Waals surface area contributed by atoms with Crippen LogP contribution < -0.4 is 0 Å². The Balaban J connectivity index is 1.53. The predicted octanol–water partition coefficient (Wildman–Crippen LogP) is 3.48. The van der Waals surface area contributed by atoms with Crippen LogP contribution in [-0.2, 0) is 16.0 Å². The third-order valence-electron chi connectivity index (χ3n) is 5.77. The average molecular weight is 358 g/mol. The van der Waals surface area contributed by atoms with Gasteiger partial charge in [-0.05, 0) is 43.1 Å². The molecular formula is C21H30N2O3. The van der Waals surface area contributed by atoms with Crippen molar-refractivity contribution in [3.05, 3.63) is 35.9 Å². The van der Waals surface area contributed by atoms with E-state index in [1.54, 1.807) is 0 Å². The Morgan fingerprint density at radius 2 is 1.88 bits per heavy atom. The van der Waals surface area contributed by atoms with Crippen LogP contribution in [0.2, 0.25) is 0 Å². The zero-order chi connectivity index (χ0) is 18.4. The lowest BCUT2D eigenvalue weighted by Gasteiger charge is -2.47. The van der Waals surface area contributed by atoms with Crippen molar-refractivity contribution in [3.8, 4) is 0 Å². The normalized spacial score (nSPS) is 19.7. The minimum absolute atomic E-state index is 0.173. The van der Waals surface area contributed by atoms with Gasteiger partial charge in [-0.15, -0.1) is 0 Å². The first-order chi connectivity index (χ1) is 12.6. The van der Waals surface area contributed by atoms with Gasteiger partial charge < -0.3 is 14.5 Å². The summed E-state index contributed by atoms with van der Waals surface area (Å²) in [6.07, 6.45) is 5.07. The highest BCUT2D eigenvalue weighted by Gasteiger charge is 2.41. The Kier molecular flexibility index (Phi) is 6.17. The predicted molar refractivity (Wildman–Crippen MR) is 101 cm³/mol. The van der Waals surface area contributed by atoms with E-state index in [0.717, 1.165) is 58.3 Å². The number of carbonyl (C=O) groups excluding carboxylic acids is 2. The highest BCUT2D eigenvalue weighted by Crippen LogP contribution is 2.40. The summed E-state index contributed by atoms with van der Waals surface area (Å²) < 4.78 is 5.25. The minimum atomic E-state index is -0.186. The lowest BCUT2D eigenvalue weighted by Crippen LogP contribution is -2.52. The largest absolute Gasteiger partial charge is 0.449 e. The van der Waals surface area contributed by atoms with Crippen LogP contribution in [0, 0.1) is 5.41 Å². The van der Waals surface area contributed by atoms with Gasteiger partial charge >= 0.3 is 6.09 Å². The highest BCUT2D eigenvalue weighted by molar-refractivity contribution is 5.77. The molecular weight excluding hydrogens is 328 g/mol. The smallest absolute Gasteiger partial charge is 0.409 e. The van der Waals surface area contributed by atoms with Crippen molar-refractivity contribution >= 4 is 12.0 Å². The Bertz CT molecular complexity index is 609. The second kappa shape index (κ2) is 8.56.